The van der Waals surface area contributed by atoms with E-state index in [0.29, 0.717) is 31.2 Å². The van der Waals surface area contributed by atoms with Gasteiger partial charge in [-0.3, -0.25) is 0 Å². The summed E-state index contributed by atoms with van der Waals surface area (Å²) in [4.78, 5) is 16.6. The van der Waals surface area contributed by atoms with Crippen molar-refractivity contribution < 1.29 is 9.13 Å². The van der Waals surface area contributed by atoms with Gasteiger partial charge in [0.2, 0.25) is 0 Å². The summed E-state index contributed by atoms with van der Waals surface area (Å²) in [5.74, 6) is 1.63. The molecule has 2 saturated heterocycles. The molecule has 0 saturated carbocycles. The summed E-state index contributed by atoms with van der Waals surface area (Å²) in [5.41, 5.74) is 4.84. The number of hydrogen-bond donors (Lipinski definition) is 1. The van der Waals surface area contributed by atoms with Crippen LogP contribution in [0.15, 0.2) is 36.4 Å². The van der Waals surface area contributed by atoms with E-state index in [0.717, 1.165) is 72.2 Å². The van der Waals surface area contributed by atoms with Crippen molar-refractivity contribution >= 4 is 28.3 Å². The average molecular weight is 462 g/mol. The minimum absolute atomic E-state index is 0.291. The molecule has 2 aliphatic rings. The Morgan fingerprint density at radius 1 is 1.06 bits per heavy atom. The van der Waals surface area contributed by atoms with Crippen LogP contribution in [0.25, 0.3) is 28.1 Å². The van der Waals surface area contributed by atoms with E-state index in [1.807, 2.05) is 45.8 Å². The molecule has 0 bridgehead atoms. The number of rotatable bonds is 5. The number of alkyl halides is 1. The highest BCUT2D eigenvalue weighted by atomic mass is 19.1. The number of hydrogen-bond acceptors (Lipinski definition) is 7. The molecule has 0 amide bonds. The van der Waals surface area contributed by atoms with E-state index in [9.17, 15) is 4.39 Å². The van der Waals surface area contributed by atoms with E-state index in [-0.39, 0.29) is 0 Å². The third kappa shape index (κ3) is 3.94. The molecule has 4 aromatic rings. The van der Waals surface area contributed by atoms with Gasteiger partial charge in [0.05, 0.1) is 23.3 Å². The van der Waals surface area contributed by atoms with Crippen molar-refractivity contribution in [1.82, 2.24) is 24.6 Å². The standard InChI is InChI=1S/C25H28FN7O/c1-2-18-25(29-20-6-4-3-5-19(20)28-18)21-13-23-30-22(32-10-7-16(26)15-32)14-24(33(23)31-21)27-17-8-11-34-12-9-17/h3-6,13-14,16-17,27H,2,7-12,15H2,1H3/t16-/m1/s1. The zero-order valence-corrected chi connectivity index (χ0v) is 19.2. The Morgan fingerprint density at radius 3 is 2.59 bits per heavy atom. The lowest BCUT2D eigenvalue weighted by molar-refractivity contribution is 0.0903. The molecule has 1 atom stereocenters. The number of nitrogens with zero attached hydrogens (tertiary/aromatic N) is 6. The van der Waals surface area contributed by atoms with Crippen molar-refractivity contribution in [1.29, 1.82) is 0 Å². The molecule has 5 heterocycles. The van der Waals surface area contributed by atoms with E-state index in [1.165, 1.54) is 0 Å². The van der Waals surface area contributed by atoms with Crippen LogP contribution < -0.4 is 10.2 Å². The lowest BCUT2D eigenvalue weighted by Crippen LogP contribution is -2.29. The number of ether oxygens (including phenoxy) is 1. The summed E-state index contributed by atoms with van der Waals surface area (Å²) in [5, 5.41) is 8.56. The maximum Gasteiger partial charge on any atom is 0.160 e. The number of benzene rings is 1. The van der Waals surface area contributed by atoms with E-state index < -0.39 is 6.17 Å². The zero-order chi connectivity index (χ0) is 23.1. The van der Waals surface area contributed by atoms with Crippen molar-refractivity contribution in [2.24, 2.45) is 0 Å². The number of halogens is 1. The zero-order valence-electron chi connectivity index (χ0n) is 19.2. The minimum atomic E-state index is -0.814. The first-order chi connectivity index (χ1) is 16.7. The van der Waals surface area contributed by atoms with Crippen LogP contribution in [-0.2, 0) is 11.2 Å². The number of fused-ring (bicyclic) bond motifs is 2. The first-order valence-corrected chi connectivity index (χ1v) is 12.1. The molecular weight excluding hydrogens is 433 g/mol. The molecule has 0 unspecified atom stereocenters. The molecule has 8 nitrogen and oxygen atoms in total. The molecule has 3 aromatic heterocycles. The van der Waals surface area contributed by atoms with Crippen LogP contribution in [0, 0.1) is 0 Å². The fourth-order valence-corrected chi connectivity index (χ4v) is 4.81. The highest BCUT2D eigenvalue weighted by Crippen LogP contribution is 2.29. The molecule has 34 heavy (non-hydrogen) atoms. The van der Waals surface area contributed by atoms with Gasteiger partial charge in [0.25, 0.3) is 0 Å². The Balaban J connectivity index is 1.46. The highest BCUT2D eigenvalue weighted by Gasteiger charge is 2.25. The van der Waals surface area contributed by atoms with Crippen molar-refractivity contribution in [3.05, 3.63) is 42.1 Å². The second-order valence-corrected chi connectivity index (χ2v) is 9.02. The molecule has 0 aliphatic carbocycles. The second kappa shape index (κ2) is 8.79. The van der Waals surface area contributed by atoms with Gasteiger partial charge in [-0.2, -0.15) is 9.61 Å². The number of nitrogens with one attached hydrogen (secondary N) is 1. The van der Waals surface area contributed by atoms with Crippen molar-refractivity contribution in [3.8, 4) is 11.4 Å². The third-order valence-electron chi connectivity index (χ3n) is 6.66. The molecule has 0 spiro atoms. The minimum Gasteiger partial charge on any atom is -0.381 e. The molecule has 1 aromatic carbocycles. The van der Waals surface area contributed by atoms with E-state index in [4.69, 9.17) is 24.8 Å². The molecule has 2 fully saturated rings. The summed E-state index contributed by atoms with van der Waals surface area (Å²) in [6.45, 7) is 4.60. The summed E-state index contributed by atoms with van der Waals surface area (Å²) < 4.78 is 21.3. The quantitative estimate of drug-likeness (QED) is 0.480. The number of para-hydroxylation sites is 2. The second-order valence-electron chi connectivity index (χ2n) is 9.02. The summed E-state index contributed by atoms with van der Waals surface area (Å²) in [7, 11) is 0. The van der Waals surface area contributed by atoms with Gasteiger partial charge in [0.15, 0.2) is 5.65 Å². The van der Waals surface area contributed by atoms with Gasteiger partial charge in [0.1, 0.15) is 29.2 Å². The molecule has 2 aliphatic heterocycles. The van der Waals surface area contributed by atoms with Crippen LogP contribution >= 0.6 is 0 Å². The fraction of sp³-hybridized carbons (Fsp3) is 0.440. The molecule has 1 N–H and O–H groups in total. The van der Waals surface area contributed by atoms with Crippen molar-refractivity contribution in [2.75, 3.05) is 36.5 Å². The van der Waals surface area contributed by atoms with Gasteiger partial charge in [-0.05, 0) is 37.8 Å². The van der Waals surface area contributed by atoms with Crippen LogP contribution in [0.2, 0.25) is 0 Å². The van der Waals surface area contributed by atoms with Crippen LogP contribution in [0.5, 0.6) is 0 Å². The van der Waals surface area contributed by atoms with Gasteiger partial charge in [-0.1, -0.05) is 19.1 Å². The third-order valence-corrected chi connectivity index (χ3v) is 6.66. The number of aromatic nitrogens is 5. The molecule has 0 radical (unpaired) electrons. The first-order valence-electron chi connectivity index (χ1n) is 12.1. The van der Waals surface area contributed by atoms with Gasteiger partial charge >= 0.3 is 0 Å². The molecular formula is C25H28FN7O. The Hall–Kier alpha value is -3.33. The summed E-state index contributed by atoms with van der Waals surface area (Å²) in [6, 6.07) is 12.1. The normalized spacial score (nSPS) is 19.4. The smallest absolute Gasteiger partial charge is 0.160 e. The topological polar surface area (TPSA) is 80.5 Å². The Bertz CT molecular complexity index is 1330. The molecule has 176 valence electrons. The lowest BCUT2D eigenvalue weighted by atomic mass is 10.1. The monoisotopic (exact) mass is 461 g/mol. The van der Waals surface area contributed by atoms with Crippen LogP contribution in [0.4, 0.5) is 16.0 Å². The highest BCUT2D eigenvalue weighted by molar-refractivity contribution is 5.78. The van der Waals surface area contributed by atoms with Crippen LogP contribution in [0.3, 0.4) is 0 Å². The van der Waals surface area contributed by atoms with Crippen LogP contribution in [-0.4, -0.2) is 63.1 Å². The van der Waals surface area contributed by atoms with Gasteiger partial charge in [0, 0.05) is 37.9 Å². The maximum absolute atomic E-state index is 14.0. The molecule has 6 rings (SSSR count). The largest absolute Gasteiger partial charge is 0.381 e. The average Bonchev–Trinajstić information content (AvgIpc) is 3.50. The van der Waals surface area contributed by atoms with Crippen molar-refractivity contribution in [3.63, 3.8) is 0 Å². The lowest BCUT2D eigenvalue weighted by Gasteiger charge is -2.25. The van der Waals surface area contributed by atoms with Crippen molar-refractivity contribution in [2.45, 2.75) is 44.8 Å². The summed E-state index contributed by atoms with van der Waals surface area (Å²) in [6.07, 6.45) is 2.33. The predicted octanol–water partition coefficient (Wildman–Crippen LogP) is 4.04. The van der Waals surface area contributed by atoms with E-state index >= 15 is 0 Å². The maximum atomic E-state index is 14.0. The SMILES string of the molecule is CCc1nc2ccccc2nc1-c1cc2nc(N3CC[C@@H](F)C3)cc(NC3CCOCC3)n2n1. The number of aryl methyl sites for hydroxylation is 1. The first kappa shape index (κ1) is 21.2. The molecule has 9 heteroatoms. The van der Waals surface area contributed by atoms with Gasteiger partial charge in [-0.15, -0.1) is 0 Å². The van der Waals surface area contributed by atoms with Gasteiger partial charge < -0.3 is 15.0 Å². The predicted molar refractivity (Wildman–Crippen MR) is 130 cm³/mol. The fourth-order valence-electron chi connectivity index (χ4n) is 4.81. The Labute approximate surface area is 197 Å². The Morgan fingerprint density at radius 2 is 1.85 bits per heavy atom. The summed E-state index contributed by atoms with van der Waals surface area (Å²) >= 11 is 0. The Kier molecular flexibility index (Phi) is 5.49. The number of anilines is 2. The van der Waals surface area contributed by atoms with E-state index in [1.54, 1.807) is 0 Å². The van der Waals surface area contributed by atoms with Crippen LogP contribution in [0.1, 0.15) is 31.9 Å². The van der Waals surface area contributed by atoms with Gasteiger partial charge in [-0.25, -0.2) is 19.3 Å². The van der Waals surface area contributed by atoms with E-state index in [2.05, 4.69) is 12.2 Å².